The van der Waals surface area contributed by atoms with Gasteiger partial charge in [0.15, 0.2) is 0 Å². The lowest BCUT2D eigenvalue weighted by Crippen LogP contribution is -2.20. The van der Waals surface area contributed by atoms with Gasteiger partial charge in [-0.3, -0.25) is 9.59 Å². The molecule has 0 fully saturated rings. The summed E-state index contributed by atoms with van der Waals surface area (Å²) in [5.41, 5.74) is 1.99. The fraction of sp³-hybridized carbons (Fsp3) is 0.250. The van der Waals surface area contributed by atoms with Crippen LogP contribution in [0.5, 0.6) is 0 Å². The molecule has 0 radical (unpaired) electrons. The quantitative estimate of drug-likeness (QED) is 0.902. The predicted octanol–water partition coefficient (Wildman–Crippen LogP) is 1.92. The molecule has 0 aliphatic rings. The first kappa shape index (κ1) is 15.0. The summed E-state index contributed by atoms with van der Waals surface area (Å²) in [5, 5.41) is 5.94. The molecule has 1 heterocycles. The summed E-state index contributed by atoms with van der Waals surface area (Å²) in [6, 6.07) is 10.8. The number of anilines is 1. The van der Waals surface area contributed by atoms with E-state index in [9.17, 15) is 9.59 Å². The summed E-state index contributed by atoms with van der Waals surface area (Å²) in [6.07, 6.45) is 1.58. The number of hydrogen-bond acceptors (Lipinski definition) is 3. The summed E-state index contributed by atoms with van der Waals surface area (Å²) in [5.74, 6) is -0.290. The molecule has 5 heteroatoms. The van der Waals surface area contributed by atoms with E-state index >= 15 is 0 Å². The Labute approximate surface area is 123 Å². The third-order valence-corrected chi connectivity index (χ3v) is 3.47. The van der Waals surface area contributed by atoms with Gasteiger partial charge >= 0.3 is 0 Å². The highest BCUT2D eigenvalue weighted by Crippen LogP contribution is 2.16. The number of pyridine rings is 1. The molecule has 1 amide bonds. The Hall–Kier alpha value is -2.40. The van der Waals surface area contributed by atoms with Crippen LogP contribution in [0.1, 0.15) is 28.9 Å². The zero-order valence-electron chi connectivity index (χ0n) is 12.4. The highest BCUT2D eigenvalue weighted by Gasteiger charge is 2.08. The molecular formula is C16H19N3O2. The van der Waals surface area contributed by atoms with Gasteiger partial charge in [0.25, 0.3) is 11.5 Å². The standard InChI is InChI=1S/C16H19N3O2/c1-11(17-2)12-4-6-14(7-5-12)18-16(21)13-8-9-19(3)15(20)10-13/h4-11,17H,1-3H3,(H,18,21). The van der Waals surface area contributed by atoms with Crippen LogP contribution in [-0.4, -0.2) is 17.5 Å². The Bertz CT molecular complexity index is 689. The van der Waals surface area contributed by atoms with E-state index in [-0.39, 0.29) is 17.5 Å². The third-order valence-electron chi connectivity index (χ3n) is 3.47. The van der Waals surface area contributed by atoms with Crippen LogP contribution >= 0.6 is 0 Å². The number of carbonyl (C=O) groups is 1. The summed E-state index contributed by atoms with van der Waals surface area (Å²) in [7, 11) is 3.54. The Morgan fingerprint density at radius 1 is 1.19 bits per heavy atom. The van der Waals surface area contributed by atoms with Crippen LogP contribution < -0.4 is 16.2 Å². The number of aryl methyl sites for hydroxylation is 1. The zero-order valence-corrected chi connectivity index (χ0v) is 12.4. The lowest BCUT2D eigenvalue weighted by Gasteiger charge is -2.11. The number of carbonyl (C=O) groups excluding carboxylic acids is 1. The molecule has 0 spiro atoms. The average Bonchev–Trinajstić information content (AvgIpc) is 2.50. The molecule has 1 unspecified atom stereocenters. The van der Waals surface area contributed by atoms with Crippen molar-refractivity contribution in [3.63, 3.8) is 0 Å². The number of aromatic nitrogens is 1. The number of nitrogens with one attached hydrogen (secondary N) is 2. The molecule has 0 bridgehead atoms. The van der Waals surface area contributed by atoms with Gasteiger partial charge in [-0.15, -0.1) is 0 Å². The van der Waals surface area contributed by atoms with Gasteiger partial charge in [0.05, 0.1) is 0 Å². The monoisotopic (exact) mass is 285 g/mol. The van der Waals surface area contributed by atoms with E-state index < -0.39 is 0 Å². The van der Waals surface area contributed by atoms with Crippen LogP contribution in [0.15, 0.2) is 47.4 Å². The van der Waals surface area contributed by atoms with Gasteiger partial charge in [0, 0.05) is 36.6 Å². The van der Waals surface area contributed by atoms with E-state index in [0.717, 1.165) is 5.56 Å². The molecule has 0 saturated carbocycles. The zero-order chi connectivity index (χ0) is 15.4. The normalized spacial score (nSPS) is 12.0. The second kappa shape index (κ2) is 6.37. The SMILES string of the molecule is CNC(C)c1ccc(NC(=O)c2ccn(C)c(=O)c2)cc1. The Morgan fingerprint density at radius 3 is 2.43 bits per heavy atom. The second-order valence-corrected chi connectivity index (χ2v) is 4.95. The predicted molar refractivity (Wildman–Crippen MR) is 83.6 cm³/mol. The van der Waals surface area contributed by atoms with Crippen molar-refractivity contribution >= 4 is 11.6 Å². The fourth-order valence-corrected chi connectivity index (χ4v) is 1.91. The van der Waals surface area contributed by atoms with Crippen molar-refractivity contribution in [3.8, 4) is 0 Å². The van der Waals surface area contributed by atoms with Gasteiger partial charge in [-0.2, -0.15) is 0 Å². The van der Waals surface area contributed by atoms with Gasteiger partial charge in [-0.1, -0.05) is 12.1 Å². The Morgan fingerprint density at radius 2 is 1.86 bits per heavy atom. The van der Waals surface area contributed by atoms with E-state index in [1.165, 1.54) is 10.6 Å². The molecule has 0 saturated heterocycles. The van der Waals surface area contributed by atoms with Crippen LogP contribution in [0.2, 0.25) is 0 Å². The van der Waals surface area contributed by atoms with Crippen LogP contribution in [0.3, 0.4) is 0 Å². The molecule has 21 heavy (non-hydrogen) atoms. The smallest absolute Gasteiger partial charge is 0.255 e. The lowest BCUT2D eigenvalue weighted by atomic mass is 10.1. The number of amides is 1. The number of benzene rings is 1. The summed E-state index contributed by atoms with van der Waals surface area (Å²) >= 11 is 0. The fourth-order valence-electron chi connectivity index (χ4n) is 1.91. The summed E-state index contributed by atoms with van der Waals surface area (Å²) in [4.78, 5) is 23.6. The van der Waals surface area contributed by atoms with Crippen LogP contribution in [0.25, 0.3) is 0 Å². The molecule has 2 aromatic rings. The van der Waals surface area contributed by atoms with Gasteiger partial charge in [0.1, 0.15) is 0 Å². The van der Waals surface area contributed by atoms with E-state index in [2.05, 4.69) is 17.6 Å². The van der Waals surface area contributed by atoms with Crippen LogP contribution in [0.4, 0.5) is 5.69 Å². The first-order chi connectivity index (χ1) is 10.0. The molecule has 1 aromatic heterocycles. The first-order valence-corrected chi connectivity index (χ1v) is 6.76. The minimum atomic E-state index is -0.290. The van der Waals surface area contributed by atoms with Crippen molar-refractivity contribution in [1.82, 2.24) is 9.88 Å². The minimum Gasteiger partial charge on any atom is -0.322 e. The maximum Gasteiger partial charge on any atom is 0.255 e. The first-order valence-electron chi connectivity index (χ1n) is 6.76. The number of nitrogens with zero attached hydrogens (tertiary/aromatic N) is 1. The molecule has 1 atom stereocenters. The van der Waals surface area contributed by atoms with Gasteiger partial charge in [-0.25, -0.2) is 0 Å². The molecule has 0 aliphatic carbocycles. The average molecular weight is 285 g/mol. The van der Waals surface area contributed by atoms with E-state index in [1.54, 1.807) is 19.3 Å². The minimum absolute atomic E-state index is 0.208. The topological polar surface area (TPSA) is 63.1 Å². The van der Waals surface area contributed by atoms with E-state index in [4.69, 9.17) is 0 Å². The number of rotatable bonds is 4. The van der Waals surface area contributed by atoms with Crippen molar-refractivity contribution in [3.05, 3.63) is 64.1 Å². The summed E-state index contributed by atoms with van der Waals surface area (Å²) in [6.45, 7) is 2.06. The molecule has 2 rings (SSSR count). The van der Waals surface area contributed by atoms with Crippen molar-refractivity contribution in [1.29, 1.82) is 0 Å². The van der Waals surface area contributed by atoms with Crippen molar-refractivity contribution in [2.45, 2.75) is 13.0 Å². The van der Waals surface area contributed by atoms with E-state index in [1.807, 2.05) is 31.3 Å². The molecule has 2 N–H and O–H groups in total. The van der Waals surface area contributed by atoms with E-state index in [0.29, 0.717) is 11.3 Å². The summed E-state index contributed by atoms with van der Waals surface area (Å²) < 4.78 is 1.42. The maximum absolute atomic E-state index is 12.1. The second-order valence-electron chi connectivity index (χ2n) is 4.95. The highest BCUT2D eigenvalue weighted by molar-refractivity contribution is 6.04. The van der Waals surface area contributed by atoms with Crippen molar-refractivity contribution in [2.75, 3.05) is 12.4 Å². The Kier molecular flexibility index (Phi) is 4.55. The highest BCUT2D eigenvalue weighted by atomic mass is 16.2. The Balaban J connectivity index is 2.12. The van der Waals surface area contributed by atoms with Crippen molar-refractivity contribution < 1.29 is 4.79 Å². The van der Waals surface area contributed by atoms with Gasteiger partial charge in [-0.05, 0) is 37.7 Å². The largest absolute Gasteiger partial charge is 0.322 e. The van der Waals surface area contributed by atoms with Crippen molar-refractivity contribution in [2.24, 2.45) is 7.05 Å². The third kappa shape index (κ3) is 3.58. The lowest BCUT2D eigenvalue weighted by molar-refractivity contribution is 0.102. The molecule has 5 nitrogen and oxygen atoms in total. The van der Waals surface area contributed by atoms with Gasteiger partial charge in [0.2, 0.25) is 0 Å². The molecule has 110 valence electrons. The molecular weight excluding hydrogens is 266 g/mol. The van der Waals surface area contributed by atoms with Crippen LogP contribution in [-0.2, 0) is 7.05 Å². The maximum atomic E-state index is 12.1. The van der Waals surface area contributed by atoms with Crippen LogP contribution in [0, 0.1) is 0 Å². The molecule has 1 aromatic carbocycles. The van der Waals surface area contributed by atoms with Gasteiger partial charge < -0.3 is 15.2 Å². The molecule has 0 aliphatic heterocycles. The number of hydrogen-bond donors (Lipinski definition) is 2.